The molecule has 1 unspecified atom stereocenters. The molecule has 1 amide bonds. The van der Waals surface area contributed by atoms with Crippen molar-refractivity contribution in [2.45, 2.75) is 32.9 Å². The SMILES string of the molecule is CCCn1nc(C(=O)NC(C)c2ccc(-n3cncn3)cc2)c2ccccc2c1=O. The van der Waals surface area contributed by atoms with Crippen molar-refractivity contribution in [1.82, 2.24) is 29.9 Å². The molecule has 0 radical (unpaired) electrons. The Labute approximate surface area is 173 Å². The molecular weight excluding hydrogens is 380 g/mol. The molecule has 0 bridgehead atoms. The summed E-state index contributed by atoms with van der Waals surface area (Å²) in [6.07, 6.45) is 3.86. The van der Waals surface area contributed by atoms with Gasteiger partial charge in [0.1, 0.15) is 12.7 Å². The van der Waals surface area contributed by atoms with Gasteiger partial charge in [-0.25, -0.2) is 14.3 Å². The second-order valence-electron chi connectivity index (χ2n) is 7.05. The van der Waals surface area contributed by atoms with E-state index in [0.29, 0.717) is 17.3 Å². The fourth-order valence-corrected chi connectivity index (χ4v) is 3.37. The van der Waals surface area contributed by atoms with Crippen molar-refractivity contribution in [2.24, 2.45) is 0 Å². The van der Waals surface area contributed by atoms with E-state index >= 15 is 0 Å². The summed E-state index contributed by atoms with van der Waals surface area (Å²) in [6, 6.07) is 14.5. The van der Waals surface area contributed by atoms with E-state index < -0.39 is 0 Å². The Hall–Kier alpha value is -3.81. The third-order valence-corrected chi connectivity index (χ3v) is 4.94. The molecule has 0 fully saturated rings. The van der Waals surface area contributed by atoms with Gasteiger partial charge in [0.05, 0.1) is 17.1 Å². The summed E-state index contributed by atoms with van der Waals surface area (Å²) in [5.41, 5.74) is 1.90. The van der Waals surface area contributed by atoms with E-state index in [0.717, 1.165) is 17.7 Å². The van der Waals surface area contributed by atoms with Crippen LogP contribution in [0.5, 0.6) is 0 Å². The highest BCUT2D eigenvalue weighted by Gasteiger charge is 2.18. The molecule has 0 aliphatic heterocycles. The Morgan fingerprint density at radius 1 is 1.10 bits per heavy atom. The molecule has 8 nitrogen and oxygen atoms in total. The van der Waals surface area contributed by atoms with Crippen LogP contribution in [0.2, 0.25) is 0 Å². The highest BCUT2D eigenvalue weighted by atomic mass is 16.2. The maximum atomic E-state index is 13.1. The Kier molecular flexibility index (Phi) is 5.38. The van der Waals surface area contributed by atoms with Gasteiger partial charge < -0.3 is 5.32 Å². The normalized spacial score (nSPS) is 12.1. The molecule has 0 spiro atoms. The minimum Gasteiger partial charge on any atom is -0.344 e. The van der Waals surface area contributed by atoms with Gasteiger partial charge in [-0.05, 0) is 37.1 Å². The molecule has 0 saturated heterocycles. The molecule has 0 aliphatic rings. The number of nitrogens with zero attached hydrogens (tertiary/aromatic N) is 5. The lowest BCUT2D eigenvalue weighted by Gasteiger charge is -2.16. The van der Waals surface area contributed by atoms with Crippen molar-refractivity contribution in [1.29, 1.82) is 0 Å². The Bertz CT molecular complexity index is 1230. The maximum Gasteiger partial charge on any atom is 0.274 e. The van der Waals surface area contributed by atoms with Crippen molar-refractivity contribution >= 4 is 16.7 Å². The number of aryl methyl sites for hydroxylation is 1. The van der Waals surface area contributed by atoms with Crippen LogP contribution in [0.25, 0.3) is 16.5 Å². The van der Waals surface area contributed by atoms with Gasteiger partial charge in [-0.15, -0.1) is 0 Å². The zero-order valence-corrected chi connectivity index (χ0v) is 16.8. The predicted molar refractivity (Wildman–Crippen MR) is 114 cm³/mol. The topological polar surface area (TPSA) is 94.7 Å². The van der Waals surface area contributed by atoms with Crippen molar-refractivity contribution in [3.05, 3.63) is 82.8 Å². The van der Waals surface area contributed by atoms with Gasteiger partial charge in [0.25, 0.3) is 11.5 Å². The van der Waals surface area contributed by atoms with Gasteiger partial charge in [0.2, 0.25) is 0 Å². The minimum absolute atomic E-state index is 0.180. The monoisotopic (exact) mass is 402 g/mol. The number of hydrogen-bond acceptors (Lipinski definition) is 5. The van der Waals surface area contributed by atoms with E-state index in [4.69, 9.17) is 0 Å². The number of carbonyl (C=O) groups is 1. The van der Waals surface area contributed by atoms with Crippen LogP contribution in [-0.4, -0.2) is 30.5 Å². The summed E-state index contributed by atoms with van der Waals surface area (Å²) in [7, 11) is 0. The zero-order chi connectivity index (χ0) is 21.1. The fourth-order valence-electron chi connectivity index (χ4n) is 3.37. The Morgan fingerprint density at radius 3 is 2.50 bits per heavy atom. The molecule has 4 aromatic rings. The molecule has 2 aromatic heterocycles. The largest absolute Gasteiger partial charge is 0.344 e. The molecule has 0 aliphatic carbocycles. The van der Waals surface area contributed by atoms with E-state index in [2.05, 4.69) is 20.5 Å². The first-order chi connectivity index (χ1) is 14.6. The van der Waals surface area contributed by atoms with Crippen LogP contribution in [0.3, 0.4) is 0 Å². The van der Waals surface area contributed by atoms with Crippen molar-refractivity contribution in [3.63, 3.8) is 0 Å². The van der Waals surface area contributed by atoms with Gasteiger partial charge in [-0.2, -0.15) is 10.2 Å². The van der Waals surface area contributed by atoms with Crippen molar-refractivity contribution in [3.8, 4) is 5.69 Å². The molecular formula is C22H22N6O2. The van der Waals surface area contributed by atoms with Gasteiger partial charge in [-0.3, -0.25) is 9.59 Å². The number of nitrogens with one attached hydrogen (secondary N) is 1. The molecule has 8 heteroatoms. The smallest absolute Gasteiger partial charge is 0.274 e. The highest BCUT2D eigenvalue weighted by Crippen LogP contribution is 2.18. The number of carbonyl (C=O) groups excluding carboxylic acids is 1. The number of amides is 1. The Balaban J connectivity index is 1.61. The quantitative estimate of drug-likeness (QED) is 0.535. The van der Waals surface area contributed by atoms with E-state index in [1.54, 1.807) is 35.3 Å². The first kappa shape index (κ1) is 19.5. The average Bonchev–Trinajstić information content (AvgIpc) is 3.31. The van der Waals surface area contributed by atoms with Crippen LogP contribution in [0.4, 0.5) is 0 Å². The van der Waals surface area contributed by atoms with Crippen LogP contribution in [-0.2, 0) is 6.54 Å². The third-order valence-electron chi connectivity index (χ3n) is 4.94. The lowest BCUT2D eigenvalue weighted by Crippen LogP contribution is -2.32. The summed E-state index contributed by atoms with van der Waals surface area (Å²) in [5.74, 6) is -0.316. The fraction of sp³-hybridized carbons (Fsp3) is 0.227. The van der Waals surface area contributed by atoms with Gasteiger partial charge in [0.15, 0.2) is 5.69 Å². The van der Waals surface area contributed by atoms with Crippen LogP contribution >= 0.6 is 0 Å². The number of fused-ring (bicyclic) bond motifs is 1. The molecule has 30 heavy (non-hydrogen) atoms. The van der Waals surface area contributed by atoms with Crippen LogP contribution in [0.1, 0.15) is 42.4 Å². The molecule has 0 saturated carbocycles. The Morgan fingerprint density at radius 2 is 1.83 bits per heavy atom. The standard InChI is InChI=1S/C22H22N6O2/c1-3-12-27-22(30)19-7-5-4-6-18(19)20(26-27)21(29)25-15(2)16-8-10-17(11-9-16)28-14-23-13-24-28/h4-11,13-15H,3,12H2,1-2H3,(H,25,29). The van der Waals surface area contributed by atoms with Gasteiger partial charge in [-0.1, -0.05) is 37.3 Å². The van der Waals surface area contributed by atoms with Crippen LogP contribution in [0.15, 0.2) is 66.0 Å². The minimum atomic E-state index is -0.316. The number of benzene rings is 2. The third kappa shape index (κ3) is 3.71. The summed E-state index contributed by atoms with van der Waals surface area (Å²) in [4.78, 5) is 29.6. The number of aromatic nitrogens is 5. The second-order valence-corrected chi connectivity index (χ2v) is 7.05. The summed E-state index contributed by atoms with van der Waals surface area (Å²) >= 11 is 0. The molecule has 2 heterocycles. The molecule has 2 aromatic carbocycles. The summed E-state index contributed by atoms with van der Waals surface area (Å²) in [6.45, 7) is 4.34. The second kappa shape index (κ2) is 8.28. The first-order valence-corrected chi connectivity index (χ1v) is 9.84. The summed E-state index contributed by atoms with van der Waals surface area (Å²) < 4.78 is 3.04. The molecule has 4 rings (SSSR count). The van der Waals surface area contributed by atoms with E-state index in [-0.39, 0.29) is 23.2 Å². The molecule has 152 valence electrons. The van der Waals surface area contributed by atoms with Crippen molar-refractivity contribution < 1.29 is 4.79 Å². The lowest BCUT2D eigenvalue weighted by atomic mass is 10.1. The van der Waals surface area contributed by atoms with Crippen LogP contribution in [0, 0.1) is 0 Å². The first-order valence-electron chi connectivity index (χ1n) is 9.84. The van der Waals surface area contributed by atoms with Gasteiger partial charge >= 0.3 is 0 Å². The number of hydrogen-bond donors (Lipinski definition) is 1. The highest BCUT2D eigenvalue weighted by molar-refractivity contribution is 6.04. The van der Waals surface area contributed by atoms with E-state index in [9.17, 15) is 9.59 Å². The lowest BCUT2D eigenvalue weighted by molar-refractivity contribution is 0.0934. The maximum absolute atomic E-state index is 13.1. The zero-order valence-electron chi connectivity index (χ0n) is 16.8. The van der Waals surface area contributed by atoms with Gasteiger partial charge in [0, 0.05) is 11.9 Å². The van der Waals surface area contributed by atoms with Crippen LogP contribution < -0.4 is 10.9 Å². The van der Waals surface area contributed by atoms with E-state index in [1.807, 2.05) is 38.1 Å². The molecule has 1 N–H and O–H groups in total. The molecule has 1 atom stereocenters. The van der Waals surface area contributed by atoms with E-state index in [1.165, 1.54) is 11.0 Å². The predicted octanol–water partition coefficient (Wildman–Crippen LogP) is 2.88. The number of rotatable bonds is 6. The van der Waals surface area contributed by atoms with Crippen molar-refractivity contribution in [2.75, 3.05) is 0 Å². The average molecular weight is 402 g/mol. The summed E-state index contributed by atoms with van der Waals surface area (Å²) in [5, 5.41) is 12.5.